The average Bonchev–Trinajstić information content (AvgIpc) is 2.74. The van der Waals surface area contributed by atoms with Gasteiger partial charge in [0.1, 0.15) is 25.0 Å². The van der Waals surface area contributed by atoms with Crippen LogP contribution in [0.2, 0.25) is 5.02 Å². The number of hydrogen-bond acceptors (Lipinski definition) is 3. The van der Waals surface area contributed by atoms with Crippen LogP contribution in [0.3, 0.4) is 0 Å². The van der Waals surface area contributed by atoms with Crippen LogP contribution in [0.4, 0.5) is 0 Å². The van der Waals surface area contributed by atoms with E-state index in [1.807, 2.05) is 12.1 Å². The van der Waals surface area contributed by atoms with Gasteiger partial charge in [-0.2, -0.15) is 5.10 Å². The summed E-state index contributed by atoms with van der Waals surface area (Å²) in [6.45, 7) is 1.24. The van der Waals surface area contributed by atoms with Crippen molar-refractivity contribution in [3.05, 3.63) is 41.9 Å². The summed E-state index contributed by atoms with van der Waals surface area (Å²) < 4.78 is 7.21. The predicted octanol–water partition coefficient (Wildman–Crippen LogP) is 2.01. The highest BCUT2D eigenvalue weighted by Gasteiger charge is 1.95. The van der Waals surface area contributed by atoms with Crippen molar-refractivity contribution in [3.63, 3.8) is 0 Å². The van der Waals surface area contributed by atoms with Crippen LogP contribution in [0.5, 0.6) is 5.75 Å². The zero-order chi connectivity index (χ0) is 10.5. The van der Waals surface area contributed by atoms with Crippen LogP contribution < -0.4 is 4.74 Å². The first kappa shape index (κ1) is 9.98. The second-order valence-electron chi connectivity index (χ2n) is 2.96. The van der Waals surface area contributed by atoms with E-state index in [9.17, 15) is 0 Å². The van der Waals surface area contributed by atoms with Gasteiger partial charge in [0.25, 0.3) is 0 Å². The van der Waals surface area contributed by atoms with Crippen molar-refractivity contribution in [2.24, 2.45) is 0 Å². The SMILES string of the molecule is Clc1ccc(OCCn2cncn2)cc1. The van der Waals surface area contributed by atoms with E-state index in [1.165, 1.54) is 6.33 Å². The van der Waals surface area contributed by atoms with Crippen molar-refractivity contribution in [1.29, 1.82) is 0 Å². The molecule has 5 heteroatoms. The van der Waals surface area contributed by atoms with Crippen LogP contribution in [0.25, 0.3) is 0 Å². The number of ether oxygens (including phenoxy) is 1. The third-order valence-corrected chi connectivity index (χ3v) is 2.12. The van der Waals surface area contributed by atoms with E-state index in [4.69, 9.17) is 16.3 Å². The standard InChI is InChI=1S/C10H10ClN3O/c11-9-1-3-10(4-2-9)15-6-5-14-8-12-7-13-14/h1-4,7-8H,5-6H2. The Morgan fingerprint density at radius 3 is 2.73 bits per heavy atom. The molecule has 0 fully saturated rings. The van der Waals surface area contributed by atoms with Crippen LogP contribution in [0.1, 0.15) is 0 Å². The predicted molar refractivity (Wildman–Crippen MR) is 57.0 cm³/mol. The monoisotopic (exact) mass is 223 g/mol. The highest BCUT2D eigenvalue weighted by atomic mass is 35.5. The number of halogens is 1. The molecule has 0 N–H and O–H groups in total. The zero-order valence-electron chi connectivity index (χ0n) is 8.01. The highest BCUT2D eigenvalue weighted by Crippen LogP contribution is 2.15. The molecule has 0 atom stereocenters. The van der Waals surface area contributed by atoms with Gasteiger partial charge >= 0.3 is 0 Å². The average molecular weight is 224 g/mol. The molecule has 0 aliphatic carbocycles. The minimum absolute atomic E-state index is 0.561. The Balaban J connectivity index is 1.81. The molecule has 4 nitrogen and oxygen atoms in total. The number of benzene rings is 1. The summed E-state index contributed by atoms with van der Waals surface area (Å²) in [7, 11) is 0. The lowest BCUT2D eigenvalue weighted by molar-refractivity contribution is 0.291. The van der Waals surface area contributed by atoms with E-state index < -0.39 is 0 Å². The van der Waals surface area contributed by atoms with Crippen molar-refractivity contribution in [2.45, 2.75) is 6.54 Å². The number of aromatic nitrogens is 3. The summed E-state index contributed by atoms with van der Waals surface area (Å²) >= 11 is 5.75. The van der Waals surface area contributed by atoms with Crippen LogP contribution in [-0.4, -0.2) is 21.4 Å². The topological polar surface area (TPSA) is 39.9 Å². The summed E-state index contributed by atoms with van der Waals surface area (Å²) in [5, 5.41) is 4.67. The van der Waals surface area contributed by atoms with E-state index in [2.05, 4.69) is 10.1 Å². The fraction of sp³-hybridized carbons (Fsp3) is 0.200. The molecule has 0 radical (unpaired) electrons. The molecule has 0 spiro atoms. The summed E-state index contributed by atoms with van der Waals surface area (Å²) in [5.74, 6) is 0.805. The van der Waals surface area contributed by atoms with Gasteiger partial charge in [0.15, 0.2) is 0 Å². The van der Waals surface area contributed by atoms with Crippen LogP contribution in [0, 0.1) is 0 Å². The normalized spacial score (nSPS) is 10.2. The molecule has 0 saturated carbocycles. The van der Waals surface area contributed by atoms with Crippen molar-refractivity contribution in [3.8, 4) is 5.75 Å². The molecule has 0 bridgehead atoms. The van der Waals surface area contributed by atoms with Gasteiger partial charge < -0.3 is 4.74 Å². The molecule has 0 amide bonds. The van der Waals surface area contributed by atoms with Crippen LogP contribution >= 0.6 is 11.6 Å². The Hall–Kier alpha value is -1.55. The molecular weight excluding hydrogens is 214 g/mol. The first-order chi connectivity index (χ1) is 7.34. The molecule has 2 aromatic rings. The maximum Gasteiger partial charge on any atom is 0.137 e. The Bertz CT molecular complexity index is 399. The van der Waals surface area contributed by atoms with Crippen LogP contribution in [0.15, 0.2) is 36.9 Å². The molecule has 78 valence electrons. The number of nitrogens with zero attached hydrogens (tertiary/aromatic N) is 3. The maximum absolute atomic E-state index is 5.75. The summed E-state index contributed by atoms with van der Waals surface area (Å²) in [5.41, 5.74) is 0. The number of rotatable bonds is 4. The molecule has 0 saturated heterocycles. The summed E-state index contributed by atoms with van der Waals surface area (Å²) in [4.78, 5) is 3.84. The third kappa shape index (κ3) is 2.95. The van der Waals surface area contributed by atoms with Crippen molar-refractivity contribution in [2.75, 3.05) is 6.61 Å². The molecule has 1 aromatic heterocycles. The Morgan fingerprint density at radius 2 is 2.07 bits per heavy atom. The van der Waals surface area contributed by atoms with E-state index in [1.54, 1.807) is 23.1 Å². The molecule has 15 heavy (non-hydrogen) atoms. The molecule has 2 rings (SSSR count). The van der Waals surface area contributed by atoms with Gasteiger partial charge in [-0.05, 0) is 24.3 Å². The third-order valence-electron chi connectivity index (χ3n) is 1.87. The van der Waals surface area contributed by atoms with Gasteiger partial charge in [0.05, 0.1) is 6.54 Å². The summed E-state index contributed by atoms with van der Waals surface area (Å²) in [6.07, 6.45) is 3.16. The Labute approximate surface area is 92.5 Å². The summed E-state index contributed by atoms with van der Waals surface area (Å²) in [6, 6.07) is 7.27. The van der Waals surface area contributed by atoms with E-state index in [0.29, 0.717) is 18.2 Å². The van der Waals surface area contributed by atoms with E-state index in [0.717, 1.165) is 5.75 Å². The maximum atomic E-state index is 5.75. The fourth-order valence-corrected chi connectivity index (χ4v) is 1.26. The second kappa shape index (κ2) is 4.79. The molecular formula is C10H10ClN3O. The zero-order valence-corrected chi connectivity index (χ0v) is 8.76. The highest BCUT2D eigenvalue weighted by molar-refractivity contribution is 6.30. The molecule has 0 unspecified atom stereocenters. The quantitative estimate of drug-likeness (QED) is 0.796. The minimum atomic E-state index is 0.561. The van der Waals surface area contributed by atoms with Crippen molar-refractivity contribution < 1.29 is 4.74 Å². The van der Waals surface area contributed by atoms with E-state index in [-0.39, 0.29) is 0 Å². The molecule has 1 heterocycles. The Kier molecular flexibility index (Phi) is 3.19. The lowest BCUT2D eigenvalue weighted by atomic mass is 10.3. The fourth-order valence-electron chi connectivity index (χ4n) is 1.14. The van der Waals surface area contributed by atoms with Gasteiger partial charge in [-0.1, -0.05) is 11.6 Å². The first-order valence-corrected chi connectivity index (χ1v) is 4.93. The first-order valence-electron chi connectivity index (χ1n) is 4.55. The largest absolute Gasteiger partial charge is 0.492 e. The minimum Gasteiger partial charge on any atom is -0.492 e. The van der Waals surface area contributed by atoms with Gasteiger partial charge in [-0.15, -0.1) is 0 Å². The molecule has 0 aliphatic heterocycles. The van der Waals surface area contributed by atoms with Crippen molar-refractivity contribution in [1.82, 2.24) is 14.8 Å². The molecule has 1 aromatic carbocycles. The van der Waals surface area contributed by atoms with Gasteiger partial charge in [0, 0.05) is 5.02 Å². The number of hydrogen-bond donors (Lipinski definition) is 0. The lowest BCUT2D eigenvalue weighted by Crippen LogP contribution is -2.08. The van der Waals surface area contributed by atoms with Crippen LogP contribution in [-0.2, 0) is 6.54 Å². The van der Waals surface area contributed by atoms with Gasteiger partial charge in [-0.25, -0.2) is 9.67 Å². The van der Waals surface area contributed by atoms with E-state index >= 15 is 0 Å². The van der Waals surface area contributed by atoms with Crippen molar-refractivity contribution >= 4 is 11.6 Å². The Morgan fingerprint density at radius 1 is 1.27 bits per heavy atom. The van der Waals surface area contributed by atoms with Gasteiger partial charge in [-0.3, -0.25) is 0 Å². The molecule has 0 aliphatic rings. The smallest absolute Gasteiger partial charge is 0.137 e. The van der Waals surface area contributed by atoms with Gasteiger partial charge in [0.2, 0.25) is 0 Å². The second-order valence-corrected chi connectivity index (χ2v) is 3.40. The lowest BCUT2D eigenvalue weighted by Gasteiger charge is -2.05.